The number of halogens is 2. The SMILES string of the molecule is CCNC(=O)[C@@H](CC)N(Cc1ccc(Cl)c(Cl)c1)C(=O)CCCN(c1ccc2c(c1)OCO2)S(C)(=O)=O. The van der Waals surface area contributed by atoms with Gasteiger partial charge in [0.15, 0.2) is 11.5 Å². The standard InChI is InChI=1S/C25H31Cl2N3O6S/c1-4-21(25(32)28-5-2)29(15-17-8-10-19(26)20(27)13-17)24(31)7-6-12-30(37(3,33)34)18-9-11-22-23(14-18)36-16-35-22/h8-11,13-14,21H,4-7,12,15-16H2,1-3H3,(H,28,32)/t21-/m1/s1. The third-order valence-corrected chi connectivity index (χ3v) is 7.80. The number of anilines is 1. The molecule has 9 nitrogen and oxygen atoms in total. The Labute approximate surface area is 227 Å². The number of rotatable bonds is 12. The molecule has 2 aromatic carbocycles. The van der Waals surface area contributed by atoms with Crippen molar-refractivity contribution < 1.29 is 27.5 Å². The van der Waals surface area contributed by atoms with E-state index in [1.807, 2.05) is 13.8 Å². The number of nitrogens with zero attached hydrogens (tertiary/aromatic N) is 2. The summed E-state index contributed by atoms with van der Waals surface area (Å²) in [4.78, 5) is 27.7. The van der Waals surface area contributed by atoms with Crippen molar-refractivity contribution in [3.63, 3.8) is 0 Å². The van der Waals surface area contributed by atoms with E-state index in [-0.39, 0.29) is 44.5 Å². The molecule has 0 unspecified atom stereocenters. The van der Waals surface area contributed by atoms with Crippen LogP contribution in [-0.4, -0.2) is 57.3 Å². The lowest BCUT2D eigenvalue weighted by atomic mass is 10.1. The zero-order valence-electron chi connectivity index (χ0n) is 21.0. The van der Waals surface area contributed by atoms with Crippen LogP contribution in [0.25, 0.3) is 0 Å². The Kier molecular flexibility index (Phi) is 9.92. The summed E-state index contributed by atoms with van der Waals surface area (Å²) in [5.41, 5.74) is 1.14. The van der Waals surface area contributed by atoms with Gasteiger partial charge in [-0.05, 0) is 49.6 Å². The molecule has 1 aliphatic rings. The molecule has 1 atom stereocenters. The first-order valence-electron chi connectivity index (χ1n) is 11.9. The average molecular weight is 573 g/mol. The number of benzene rings is 2. The van der Waals surface area contributed by atoms with Crippen molar-refractivity contribution in [2.24, 2.45) is 0 Å². The highest BCUT2D eigenvalue weighted by atomic mass is 35.5. The number of nitrogens with one attached hydrogen (secondary N) is 1. The van der Waals surface area contributed by atoms with E-state index in [0.29, 0.717) is 40.2 Å². The molecule has 0 saturated carbocycles. The highest BCUT2D eigenvalue weighted by molar-refractivity contribution is 7.92. The fraction of sp³-hybridized carbons (Fsp3) is 0.440. The third-order valence-electron chi connectivity index (χ3n) is 5.87. The number of hydrogen-bond donors (Lipinski definition) is 1. The Morgan fingerprint density at radius 1 is 1.05 bits per heavy atom. The lowest BCUT2D eigenvalue weighted by Crippen LogP contribution is -2.49. The maximum absolute atomic E-state index is 13.4. The van der Waals surface area contributed by atoms with Crippen LogP contribution < -0.4 is 19.1 Å². The quantitative estimate of drug-likeness (QED) is 0.409. The Morgan fingerprint density at radius 3 is 2.43 bits per heavy atom. The monoisotopic (exact) mass is 571 g/mol. The van der Waals surface area contributed by atoms with E-state index in [4.69, 9.17) is 32.7 Å². The van der Waals surface area contributed by atoms with Gasteiger partial charge < -0.3 is 19.7 Å². The molecule has 0 spiro atoms. The Hall–Kier alpha value is -2.69. The van der Waals surface area contributed by atoms with Gasteiger partial charge in [-0.25, -0.2) is 8.42 Å². The minimum Gasteiger partial charge on any atom is -0.454 e. The van der Waals surface area contributed by atoms with Gasteiger partial charge in [-0.2, -0.15) is 0 Å². The maximum Gasteiger partial charge on any atom is 0.242 e. The molecular formula is C25H31Cl2N3O6S. The van der Waals surface area contributed by atoms with Crippen LogP contribution in [0.1, 0.15) is 38.7 Å². The van der Waals surface area contributed by atoms with Gasteiger partial charge in [-0.1, -0.05) is 36.2 Å². The summed E-state index contributed by atoms with van der Waals surface area (Å²) >= 11 is 12.2. The van der Waals surface area contributed by atoms with E-state index < -0.39 is 16.1 Å². The smallest absolute Gasteiger partial charge is 0.242 e. The highest BCUT2D eigenvalue weighted by Gasteiger charge is 2.29. The molecule has 0 saturated heterocycles. The van der Waals surface area contributed by atoms with Crippen LogP contribution >= 0.6 is 23.2 Å². The van der Waals surface area contributed by atoms with Crippen molar-refractivity contribution >= 4 is 50.7 Å². The summed E-state index contributed by atoms with van der Waals surface area (Å²) in [5, 5.41) is 3.53. The number of likely N-dealkylation sites (N-methyl/N-ethyl adjacent to an activating group) is 1. The summed E-state index contributed by atoms with van der Waals surface area (Å²) < 4.78 is 37.0. The Bertz CT molecular complexity index is 1240. The van der Waals surface area contributed by atoms with Gasteiger partial charge in [-0.3, -0.25) is 13.9 Å². The molecule has 0 aromatic heterocycles. The van der Waals surface area contributed by atoms with Crippen molar-refractivity contribution in [1.29, 1.82) is 0 Å². The second-order valence-electron chi connectivity index (χ2n) is 8.56. The van der Waals surface area contributed by atoms with Crippen molar-refractivity contribution in [3.8, 4) is 11.5 Å². The van der Waals surface area contributed by atoms with Crippen molar-refractivity contribution in [2.75, 3.05) is 30.4 Å². The summed E-state index contributed by atoms with van der Waals surface area (Å²) in [6, 6.07) is 9.26. The van der Waals surface area contributed by atoms with Crippen LogP contribution in [0.2, 0.25) is 10.0 Å². The van der Waals surface area contributed by atoms with E-state index in [0.717, 1.165) is 11.8 Å². The Morgan fingerprint density at radius 2 is 1.78 bits per heavy atom. The molecule has 1 N–H and O–H groups in total. The fourth-order valence-corrected chi connectivity index (χ4v) is 5.37. The Balaban J connectivity index is 1.77. The first kappa shape index (κ1) is 28.9. The lowest BCUT2D eigenvalue weighted by molar-refractivity contribution is -0.141. The first-order chi connectivity index (χ1) is 17.5. The number of carbonyl (C=O) groups excluding carboxylic acids is 2. The number of fused-ring (bicyclic) bond motifs is 1. The predicted octanol–water partition coefficient (Wildman–Crippen LogP) is 4.21. The predicted molar refractivity (Wildman–Crippen MR) is 144 cm³/mol. The number of sulfonamides is 1. The number of ether oxygens (including phenoxy) is 2. The maximum atomic E-state index is 13.4. The molecule has 0 fully saturated rings. The van der Waals surface area contributed by atoms with E-state index in [1.54, 1.807) is 36.4 Å². The molecule has 2 aromatic rings. The van der Waals surface area contributed by atoms with Gasteiger partial charge >= 0.3 is 0 Å². The molecule has 1 aliphatic heterocycles. The second kappa shape index (κ2) is 12.7. The van der Waals surface area contributed by atoms with Crippen LogP contribution in [0.15, 0.2) is 36.4 Å². The van der Waals surface area contributed by atoms with Crippen molar-refractivity contribution in [2.45, 2.75) is 45.7 Å². The largest absolute Gasteiger partial charge is 0.454 e. The van der Waals surface area contributed by atoms with Gasteiger partial charge in [-0.15, -0.1) is 0 Å². The van der Waals surface area contributed by atoms with Crippen molar-refractivity contribution in [3.05, 3.63) is 52.0 Å². The minimum atomic E-state index is -3.63. The second-order valence-corrected chi connectivity index (χ2v) is 11.3. The van der Waals surface area contributed by atoms with Crippen LogP contribution in [0.4, 0.5) is 5.69 Å². The van der Waals surface area contributed by atoms with Crippen LogP contribution in [-0.2, 0) is 26.2 Å². The number of hydrogen-bond acceptors (Lipinski definition) is 6. The zero-order valence-corrected chi connectivity index (χ0v) is 23.3. The van der Waals surface area contributed by atoms with E-state index in [9.17, 15) is 18.0 Å². The number of amides is 2. The topological polar surface area (TPSA) is 105 Å². The molecule has 0 bridgehead atoms. The normalized spacial score (nSPS) is 13.2. The molecule has 0 aliphatic carbocycles. The lowest BCUT2D eigenvalue weighted by Gasteiger charge is -2.31. The minimum absolute atomic E-state index is 0.0355. The van der Waals surface area contributed by atoms with Crippen molar-refractivity contribution in [1.82, 2.24) is 10.2 Å². The van der Waals surface area contributed by atoms with Gasteiger partial charge in [0, 0.05) is 32.1 Å². The average Bonchev–Trinajstić information content (AvgIpc) is 3.31. The molecule has 202 valence electrons. The summed E-state index contributed by atoms with van der Waals surface area (Å²) in [5.74, 6) is 0.476. The van der Waals surface area contributed by atoms with Gasteiger partial charge in [0.25, 0.3) is 0 Å². The van der Waals surface area contributed by atoms with Gasteiger partial charge in [0.1, 0.15) is 6.04 Å². The summed E-state index contributed by atoms with van der Waals surface area (Å²) in [6.07, 6.45) is 1.79. The molecule has 2 amide bonds. The highest BCUT2D eigenvalue weighted by Crippen LogP contribution is 2.36. The van der Waals surface area contributed by atoms with Gasteiger partial charge in [0.2, 0.25) is 28.6 Å². The summed E-state index contributed by atoms with van der Waals surface area (Å²) in [7, 11) is -3.63. The van der Waals surface area contributed by atoms with Gasteiger partial charge in [0.05, 0.1) is 22.0 Å². The zero-order chi connectivity index (χ0) is 27.2. The van der Waals surface area contributed by atoms with E-state index in [2.05, 4.69) is 5.32 Å². The molecule has 12 heteroatoms. The molecule has 37 heavy (non-hydrogen) atoms. The fourth-order valence-electron chi connectivity index (χ4n) is 4.09. The molecule has 1 heterocycles. The molecule has 3 rings (SSSR count). The van der Waals surface area contributed by atoms with E-state index >= 15 is 0 Å². The molecular weight excluding hydrogens is 541 g/mol. The van der Waals surface area contributed by atoms with Crippen LogP contribution in [0, 0.1) is 0 Å². The third kappa shape index (κ3) is 7.43. The van der Waals surface area contributed by atoms with Crippen LogP contribution in [0.5, 0.6) is 11.5 Å². The summed E-state index contributed by atoms with van der Waals surface area (Å²) in [6.45, 7) is 4.38. The number of carbonyl (C=O) groups is 2. The van der Waals surface area contributed by atoms with Crippen LogP contribution in [0.3, 0.4) is 0 Å². The van der Waals surface area contributed by atoms with E-state index in [1.165, 1.54) is 9.21 Å². The molecule has 0 radical (unpaired) electrons. The first-order valence-corrected chi connectivity index (χ1v) is 14.5.